The lowest BCUT2D eigenvalue weighted by Crippen LogP contribution is -1.97. The highest BCUT2D eigenvalue weighted by molar-refractivity contribution is 7.23. The average Bonchev–Trinajstić information content (AvgIpc) is 2.07. The van der Waals surface area contributed by atoms with Crippen molar-refractivity contribution in [3.05, 3.63) is 30.3 Å². The second kappa shape index (κ2) is 4.86. The van der Waals surface area contributed by atoms with E-state index in [2.05, 4.69) is 0 Å². The molecule has 0 fully saturated rings. The summed E-state index contributed by atoms with van der Waals surface area (Å²) in [4.78, 5) is 0. The van der Waals surface area contributed by atoms with E-state index in [-0.39, 0.29) is 8.46 Å². The molecule has 0 aliphatic rings. The van der Waals surface area contributed by atoms with Crippen molar-refractivity contribution in [1.29, 1.82) is 0 Å². The number of benzene rings is 1. The van der Waals surface area contributed by atoms with Crippen molar-refractivity contribution in [3.63, 3.8) is 0 Å². The van der Waals surface area contributed by atoms with Crippen molar-refractivity contribution in [2.45, 2.75) is 0 Å². The molecule has 0 amide bonds. The van der Waals surface area contributed by atoms with Crippen LogP contribution in [0.5, 0.6) is 5.75 Å². The zero-order chi connectivity index (χ0) is 7.94. The minimum Gasteiger partial charge on any atom is -0.489 e. The summed E-state index contributed by atoms with van der Waals surface area (Å²) in [6.07, 6.45) is 0.606. The molecule has 0 saturated carbocycles. The van der Waals surface area contributed by atoms with Crippen LogP contribution in [0.4, 0.5) is 0 Å². The first-order chi connectivity index (χ1) is 5.43. The Morgan fingerprint density at radius 2 is 2.00 bits per heavy atom. The Kier molecular flexibility index (Phi) is 3.63. The monoisotopic (exact) mass is 169 g/mol. The molecule has 0 heterocycles. The number of ether oxygens (including phenoxy) is 1. The van der Waals surface area contributed by atoms with Gasteiger partial charge in [0.2, 0.25) is 0 Å². The van der Waals surface area contributed by atoms with E-state index in [1.807, 2.05) is 30.3 Å². The van der Waals surface area contributed by atoms with Crippen LogP contribution in [-0.4, -0.2) is 12.8 Å². The van der Waals surface area contributed by atoms with Gasteiger partial charge in [0, 0.05) is 0 Å². The molecular formula is C8H10O2P+. The van der Waals surface area contributed by atoms with Gasteiger partial charge in [-0.25, -0.2) is 0 Å². The second-order valence-corrected chi connectivity index (χ2v) is 2.84. The van der Waals surface area contributed by atoms with Crippen molar-refractivity contribution >= 4 is 8.46 Å². The molecule has 1 aromatic carbocycles. The summed E-state index contributed by atoms with van der Waals surface area (Å²) >= 11 is 0. The molecule has 58 valence electrons. The molecule has 0 aliphatic heterocycles. The fourth-order valence-electron chi connectivity index (χ4n) is 0.727. The van der Waals surface area contributed by atoms with Crippen molar-refractivity contribution < 1.29 is 9.30 Å². The minimum atomic E-state index is -0.266. The van der Waals surface area contributed by atoms with Gasteiger partial charge >= 0.3 is 8.46 Å². The van der Waals surface area contributed by atoms with E-state index in [0.717, 1.165) is 5.75 Å². The smallest absolute Gasteiger partial charge is 0.328 e. The first kappa shape index (κ1) is 8.22. The normalized spacial score (nSPS) is 9.82. The summed E-state index contributed by atoms with van der Waals surface area (Å²) in [5.41, 5.74) is 0. The van der Waals surface area contributed by atoms with Crippen LogP contribution in [-0.2, 0) is 4.57 Å². The lowest BCUT2D eigenvalue weighted by molar-refractivity contribution is 0.342. The summed E-state index contributed by atoms with van der Waals surface area (Å²) in [5, 5.41) is 0. The Bertz CT molecular complexity index is 211. The molecule has 0 aromatic heterocycles. The van der Waals surface area contributed by atoms with Crippen LogP contribution in [0.1, 0.15) is 0 Å². The summed E-state index contributed by atoms with van der Waals surface area (Å²) < 4.78 is 15.3. The Morgan fingerprint density at radius 3 is 2.64 bits per heavy atom. The third kappa shape index (κ3) is 3.15. The molecule has 0 spiro atoms. The van der Waals surface area contributed by atoms with Gasteiger partial charge in [-0.2, -0.15) is 0 Å². The number of rotatable bonds is 4. The summed E-state index contributed by atoms with van der Waals surface area (Å²) in [6.45, 7) is 0.534. The fourth-order valence-corrected chi connectivity index (χ4v) is 0.913. The Morgan fingerprint density at radius 1 is 1.27 bits per heavy atom. The van der Waals surface area contributed by atoms with Gasteiger partial charge in [-0.1, -0.05) is 22.8 Å². The Hall–Kier alpha value is -0.880. The molecule has 1 unspecified atom stereocenters. The van der Waals surface area contributed by atoms with Gasteiger partial charge in [0.1, 0.15) is 12.4 Å². The maximum absolute atomic E-state index is 10.1. The van der Waals surface area contributed by atoms with Gasteiger partial charge in [0.25, 0.3) is 0 Å². The molecular weight excluding hydrogens is 159 g/mol. The highest BCUT2D eigenvalue weighted by atomic mass is 31.1. The van der Waals surface area contributed by atoms with Crippen molar-refractivity contribution in [2.75, 3.05) is 12.8 Å². The van der Waals surface area contributed by atoms with E-state index in [1.54, 1.807) is 0 Å². The van der Waals surface area contributed by atoms with Crippen LogP contribution in [0.15, 0.2) is 30.3 Å². The van der Waals surface area contributed by atoms with E-state index < -0.39 is 0 Å². The zero-order valence-electron chi connectivity index (χ0n) is 6.12. The van der Waals surface area contributed by atoms with E-state index in [0.29, 0.717) is 12.8 Å². The number of hydrogen-bond donors (Lipinski definition) is 0. The van der Waals surface area contributed by atoms with Crippen molar-refractivity contribution in [1.82, 2.24) is 0 Å². The van der Waals surface area contributed by atoms with E-state index in [1.165, 1.54) is 0 Å². The fraction of sp³-hybridized carbons (Fsp3) is 0.250. The van der Waals surface area contributed by atoms with E-state index in [4.69, 9.17) is 4.74 Å². The SMILES string of the molecule is O=[PH+]CCOc1ccccc1. The van der Waals surface area contributed by atoms with Crippen molar-refractivity contribution in [3.8, 4) is 5.75 Å². The zero-order valence-corrected chi connectivity index (χ0v) is 7.12. The molecule has 0 radical (unpaired) electrons. The Labute approximate surface area is 67.4 Å². The topological polar surface area (TPSA) is 26.3 Å². The van der Waals surface area contributed by atoms with Crippen LogP contribution >= 0.6 is 8.46 Å². The third-order valence-electron chi connectivity index (χ3n) is 1.22. The maximum atomic E-state index is 10.1. The van der Waals surface area contributed by atoms with E-state index in [9.17, 15) is 4.57 Å². The number of hydrogen-bond acceptors (Lipinski definition) is 2. The molecule has 2 nitrogen and oxygen atoms in total. The molecule has 1 aromatic rings. The van der Waals surface area contributed by atoms with Gasteiger partial charge in [0.05, 0.1) is 0 Å². The van der Waals surface area contributed by atoms with Gasteiger partial charge in [0.15, 0.2) is 6.16 Å². The van der Waals surface area contributed by atoms with Gasteiger partial charge in [-0.05, 0) is 12.1 Å². The lowest BCUT2D eigenvalue weighted by Gasteiger charge is -1.99. The maximum Gasteiger partial charge on any atom is 0.328 e. The predicted octanol–water partition coefficient (Wildman–Crippen LogP) is 2.09. The van der Waals surface area contributed by atoms with Gasteiger partial charge in [-0.3, -0.25) is 0 Å². The van der Waals surface area contributed by atoms with E-state index >= 15 is 0 Å². The summed E-state index contributed by atoms with van der Waals surface area (Å²) in [5.74, 6) is 0.839. The average molecular weight is 169 g/mol. The highest BCUT2D eigenvalue weighted by Crippen LogP contribution is 2.08. The van der Waals surface area contributed by atoms with Gasteiger partial charge < -0.3 is 4.74 Å². The van der Waals surface area contributed by atoms with Crippen molar-refractivity contribution in [2.24, 2.45) is 0 Å². The lowest BCUT2D eigenvalue weighted by atomic mass is 10.3. The second-order valence-electron chi connectivity index (χ2n) is 2.06. The largest absolute Gasteiger partial charge is 0.489 e. The molecule has 3 heteroatoms. The summed E-state index contributed by atoms with van der Waals surface area (Å²) in [6, 6.07) is 9.52. The van der Waals surface area contributed by atoms with Crippen LogP contribution in [0, 0.1) is 0 Å². The number of para-hydroxylation sites is 1. The van der Waals surface area contributed by atoms with Crippen LogP contribution in [0.2, 0.25) is 0 Å². The molecule has 11 heavy (non-hydrogen) atoms. The van der Waals surface area contributed by atoms with Gasteiger partial charge in [-0.15, -0.1) is 0 Å². The quantitative estimate of drug-likeness (QED) is 0.509. The highest BCUT2D eigenvalue weighted by Gasteiger charge is 1.93. The predicted molar refractivity (Wildman–Crippen MR) is 45.8 cm³/mol. The first-order valence-electron chi connectivity index (χ1n) is 3.46. The Balaban J connectivity index is 2.33. The molecule has 0 saturated heterocycles. The molecule has 0 aliphatic carbocycles. The third-order valence-corrected chi connectivity index (χ3v) is 1.62. The minimum absolute atomic E-state index is 0.266. The van der Waals surface area contributed by atoms with Crippen LogP contribution in [0.3, 0.4) is 0 Å². The van der Waals surface area contributed by atoms with Crippen LogP contribution < -0.4 is 4.74 Å². The van der Waals surface area contributed by atoms with Crippen LogP contribution in [0.25, 0.3) is 0 Å². The molecule has 1 atom stereocenters. The molecule has 0 bridgehead atoms. The standard InChI is InChI=1S/C8H9O2P/c9-11-7-6-10-8-4-2-1-3-5-8/h1-5H,6-7H2/p+1. The first-order valence-corrected chi connectivity index (χ1v) is 4.58. The molecule has 0 N–H and O–H groups in total. The summed E-state index contributed by atoms with van der Waals surface area (Å²) in [7, 11) is -0.266. The molecule has 1 rings (SSSR count).